The lowest BCUT2D eigenvalue weighted by molar-refractivity contribution is -0.121. The van der Waals surface area contributed by atoms with Gasteiger partial charge in [0.2, 0.25) is 5.91 Å². The van der Waals surface area contributed by atoms with Crippen LogP contribution < -0.4 is 5.32 Å². The van der Waals surface area contributed by atoms with Crippen molar-refractivity contribution >= 4 is 17.5 Å². The van der Waals surface area contributed by atoms with Gasteiger partial charge in [0.05, 0.1) is 0 Å². The second kappa shape index (κ2) is 9.72. The van der Waals surface area contributed by atoms with Crippen LogP contribution in [0.15, 0.2) is 0 Å². The molecule has 17 heavy (non-hydrogen) atoms. The van der Waals surface area contributed by atoms with E-state index in [2.05, 4.69) is 37.9 Å². The molecule has 0 heterocycles. The van der Waals surface area contributed by atoms with Crippen molar-refractivity contribution in [2.75, 3.05) is 19.0 Å². The van der Waals surface area contributed by atoms with Crippen molar-refractivity contribution < 1.29 is 4.79 Å². The topological polar surface area (TPSA) is 32.3 Å². The number of carbonyl (C=O) groups excluding carboxylic acids is 1. The predicted molar refractivity (Wildman–Crippen MR) is 74.6 cm³/mol. The molecule has 0 unspecified atom stereocenters. The monoisotopic (exact) mass is 262 g/mol. The smallest absolute Gasteiger partial charge is 0.220 e. The fourth-order valence-corrected chi connectivity index (χ4v) is 2.09. The summed E-state index contributed by atoms with van der Waals surface area (Å²) < 4.78 is 0. The zero-order valence-electron chi connectivity index (χ0n) is 11.6. The number of nitrogens with zero attached hydrogens (tertiary/aromatic N) is 1. The average Bonchev–Trinajstić information content (AvgIpc) is 2.23. The Morgan fingerprint density at radius 3 is 2.24 bits per heavy atom. The quantitative estimate of drug-likeness (QED) is 0.512. The zero-order chi connectivity index (χ0) is 13.3. The minimum Gasteiger partial charge on any atom is -0.355 e. The molecule has 0 rings (SSSR count). The van der Waals surface area contributed by atoms with E-state index in [1.54, 1.807) is 0 Å². The first-order valence-corrected chi connectivity index (χ1v) is 7.11. The van der Waals surface area contributed by atoms with Crippen LogP contribution in [-0.2, 0) is 4.79 Å². The summed E-state index contributed by atoms with van der Waals surface area (Å²) in [4.78, 5) is 13.8. The fraction of sp³-hybridized carbons (Fsp3) is 0.923. The molecule has 0 aromatic carbocycles. The normalized spacial score (nSPS) is 11.5. The Morgan fingerprint density at radius 1 is 1.18 bits per heavy atom. The van der Waals surface area contributed by atoms with E-state index in [0.29, 0.717) is 24.4 Å². The molecule has 102 valence electrons. The third-order valence-corrected chi connectivity index (χ3v) is 3.07. The molecule has 0 saturated carbocycles. The van der Waals surface area contributed by atoms with E-state index in [-0.39, 0.29) is 5.91 Å². The summed E-state index contributed by atoms with van der Waals surface area (Å²) in [5.74, 6) is 0.782. The Morgan fingerprint density at radius 2 is 1.76 bits per heavy atom. The van der Waals surface area contributed by atoms with Crippen molar-refractivity contribution in [2.24, 2.45) is 0 Å². The Balaban J connectivity index is 3.70. The number of amides is 1. The molecular formula is C13H27ClN2O. The van der Waals surface area contributed by atoms with Crippen LogP contribution >= 0.6 is 11.6 Å². The van der Waals surface area contributed by atoms with Gasteiger partial charge in [-0.05, 0) is 40.5 Å². The third kappa shape index (κ3) is 8.44. The van der Waals surface area contributed by atoms with E-state index in [1.165, 1.54) is 0 Å². The van der Waals surface area contributed by atoms with Gasteiger partial charge in [0.1, 0.15) is 0 Å². The van der Waals surface area contributed by atoms with Crippen molar-refractivity contribution in [1.29, 1.82) is 0 Å². The van der Waals surface area contributed by atoms with Crippen molar-refractivity contribution in [3.05, 3.63) is 0 Å². The molecule has 0 atom stereocenters. The van der Waals surface area contributed by atoms with Gasteiger partial charge in [0.15, 0.2) is 0 Å². The van der Waals surface area contributed by atoms with Crippen LogP contribution in [0.2, 0.25) is 0 Å². The molecular weight excluding hydrogens is 236 g/mol. The molecule has 1 amide bonds. The summed E-state index contributed by atoms with van der Waals surface area (Å²) in [5, 5.41) is 2.96. The van der Waals surface area contributed by atoms with Crippen LogP contribution in [0.3, 0.4) is 0 Å². The maximum atomic E-state index is 11.5. The Bertz CT molecular complexity index is 200. The van der Waals surface area contributed by atoms with Gasteiger partial charge < -0.3 is 5.32 Å². The van der Waals surface area contributed by atoms with Crippen molar-refractivity contribution in [2.45, 2.75) is 59.0 Å². The van der Waals surface area contributed by atoms with Crippen LogP contribution in [0.1, 0.15) is 47.0 Å². The maximum absolute atomic E-state index is 11.5. The van der Waals surface area contributed by atoms with Crippen molar-refractivity contribution in [3.8, 4) is 0 Å². The molecule has 0 saturated heterocycles. The van der Waals surface area contributed by atoms with Gasteiger partial charge in [-0.15, -0.1) is 11.6 Å². The number of hydrogen-bond donors (Lipinski definition) is 1. The van der Waals surface area contributed by atoms with Crippen LogP contribution in [0, 0.1) is 0 Å². The van der Waals surface area contributed by atoms with Gasteiger partial charge in [-0.1, -0.05) is 0 Å². The van der Waals surface area contributed by atoms with Gasteiger partial charge in [0.25, 0.3) is 0 Å². The molecule has 0 radical (unpaired) electrons. The van der Waals surface area contributed by atoms with Gasteiger partial charge in [0, 0.05) is 37.5 Å². The highest BCUT2D eigenvalue weighted by Crippen LogP contribution is 2.03. The van der Waals surface area contributed by atoms with E-state index in [1.807, 2.05) is 0 Å². The minimum atomic E-state index is 0.141. The highest BCUT2D eigenvalue weighted by atomic mass is 35.5. The number of alkyl halides is 1. The number of carbonyl (C=O) groups is 1. The van der Waals surface area contributed by atoms with Gasteiger partial charge in [-0.3, -0.25) is 9.69 Å². The van der Waals surface area contributed by atoms with Crippen LogP contribution in [-0.4, -0.2) is 41.9 Å². The van der Waals surface area contributed by atoms with E-state index in [0.717, 1.165) is 25.9 Å². The predicted octanol–water partition coefficient (Wildman–Crippen LogP) is 2.63. The van der Waals surface area contributed by atoms with E-state index in [9.17, 15) is 4.79 Å². The largest absolute Gasteiger partial charge is 0.355 e. The van der Waals surface area contributed by atoms with Gasteiger partial charge in [-0.2, -0.15) is 0 Å². The molecule has 0 bridgehead atoms. The SMILES string of the molecule is CC(C)N(CCNC(=O)CCCCCl)C(C)C. The highest BCUT2D eigenvalue weighted by molar-refractivity contribution is 6.17. The fourth-order valence-electron chi connectivity index (χ4n) is 1.91. The van der Waals surface area contributed by atoms with Crippen LogP contribution in [0.4, 0.5) is 0 Å². The van der Waals surface area contributed by atoms with Crippen molar-refractivity contribution in [1.82, 2.24) is 10.2 Å². The van der Waals surface area contributed by atoms with Crippen LogP contribution in [0.5, 0.6) is 0 Å². The number of halogens is 1. The standard InChI is InChI=1S/C13H27ClN2O/c1-11(2)16(12(3)4)10-9-15-13(17)7-5-6-8-14/h11-12H,5-10H2,1-4H3,(H,15,17). The lowest BCUT2D eigenvalue weighted by atomic mass is 10.2. The Hall–Kier alpha value is -0.280. The third-order valence-electron chi connectivity index (χ3n) is 2.81. The first kappa shape index (κ1) is 16.7. The summed E-state index contributed by atoms with van der Waals surface area (Å²) >= 11 is 5.56. The first-order valence-electron chi connectivity index (χ1n) is 6.57. The van der Waals surface area contributed by atoms with E-state index in [4.69, 9.17) is 11.6 Å². The second-order valence-corrected chi connectivity index (χ2v) is 5.30. The molecule has 0 aliphatic rings. The Kier molecular flexibility index (Phi) is 9.56. The first-order chi connectivity index (χ1) is 7.99. The summed E-state index contributed by atoms with van der Waals surface area (Å²) in [5.41, 5.74) is 0. The molecule has 0 fully saturated rings. The lowest BCUT2D eigenvalue weighted by Crippen LogP contribution is -2.42. The molecule has 0 spiro atoms. The molecule has 0 aromatic rings. The summed E-state index contributed by atoms with van der Waals surface area (Å²) in [6.45, 7) is 10.4. The summed E-state index contributed by atoms with van der Waals surface area (Å²) in [6, 6.07) is 1.03. The van der Waals surface area contributed by atoms with Gasteiger partial charge >= 0.3 is 0 Å². The summed E-state index contributed by atoms with van der Waals surface area (Å²) in [7, 11) is 0. The van der Waals surface area contributed by atoms with E-state index >= 15 is 0 Å². The summed E-state index contributed by atoms with van der Waals surface area (Å²) in [6.07, 6.45) is 2.39. The number of unbranched alkanes of at least 4 members (excludes halogenated alkanes) is 1. The molecule has 4 heteroatoms. The molecule has 3 nitrogen and oxygen atoms in total. The minimum absolute atomic E-state index is 0.141. The Labute approximate surface area is 111 Å². The average molecular weight is 263 g/mol. The molecule has 1 N–H and O–H groups in total. The number of rotatable bonds is 9. The van der Waals surface area contributed by atoms with Crippen molar-refractivity contribution in [3.63, 3.8) is 0 Å². The van der Waals surface area contributed by atoms with E-state index < -0.39 is 0 Å². The number of nitrogens with one attached hydrogen (secondary N) is 1. The highest BCUT2D eigenvalue weighted by Gasteiger charge is 2.12. The number of hydrogen-bond acceptors (Lipinski definition) is 2. The molecule has 0 aromatic heterocycles. The second-order valence-electron chi connectivity index (χ2n) is 4.92. The zero-order valence-corrected chi connectivity index (χ0v) is 12.4. The maximum Gasteiger partial charge on any atom is 0.220 e. The lowest BCUT2D eigenvalue weighted by Gasteiger charge is -2.30. The molecule has 0 aliphatic carbocycles. The van der Waals surface area contributed by atoms with Crippen LogP contribution in [0.25, 0.3) is 0 Å². The molecule has 0 aliphatic heterocycles. The van der Waals surface area contributed by atoms with Gasteiger partial charge in [-0.25, -0.2) is 0 Å².